The molecule has 2 aromatic rings. The van der Waals surface area contributed by atoms with Crippen LogP contribution in [0.5, 0.6) is 5.75 Å². The maximum Gasteiger partial charge on any atom is 0.221 e. The predicted molar refractivity (Wildman–Crippen MR) is 82.6 cm³/mol. The molecule has 20 heavy (non-hydrogen) atoms. The highest BCUT2D eigenvalue weighted by atomic mass is 79.9. The number of carbonyl (C=O) groups is 2. The predicted octanol–water partition coefficient (Wildman–Crippen LogP) is 3.73. The second-order valence-corrected chi connectivity index (χ2v) is 5.79. The quantitative estimate of drug-likeness (QED) is 0.833. The van der Waals surface area contributed by atoms with E-state index in [0.717, 1.165) is 4.47 Å². The fourth-order valence-electron chi connectivity index (χ4n) is 1.57. The van der Waals surface area contributed by atoms with Crippen molar-refractivity contribution in [1.29, 1.82) is 0 Å². The molecular formula is C14H12BrNO3S. The maximum absolute atomic E-state index is 11.9. The zero-order valence-corrected chi connectivity index (χ0v) is 13.1. The van der Waals surface area contributed by atoms with E-state index in [-0.39, 0.29) is 18.3 Å². The average molecular weight is 354 g/mol. The molecule has 4 nitrogen and oxygen atoms in total. The van der Waals surface area contributed by atoms with Gasteiger partial charge in [-0.25, -0.2) is 0 Å². The molecule has 0 saturated heterocycles. The summed E-state index contributed by atoms with van der Waals surface area (Å²) in [6.07, 6.45) is 0. The molecule has 1 aromatic carbocycles. The number of halogens is 1. The van der Waals surface area contributed by atoms with Gasteiger partial charge in [0.15, 0.2) is 6.61 Å². The first-order chi connectivity index (χ1) is 9.56. The Morgan fingerprint density at radius 3 is 2.80 bits per heavy atom. The molecule has 2 rings (SSSR count). The van der Waals surface area contributed by atoms with Gasteiger partial charge in [-0.1, -0.05) is 6.07 Å². The molecule has 0 bridgehead atoms. The fourth-order valence-corrected chi connectivity index (χ4v) is 3.09. The molecule has 0 radical (unpaired) electrons. The van der Waals surface area contributed by atoms with Crippen molar-refractivity contribution in [3.05, 3.63) is 45.1 Å². The Morgan fingerprint density at radius 1 is 1.35 bits per heavy atom. The van der Waals surface area contributed by atoms with E-state index < -0.39 is 0 Å². The molecule has 0 spiro atoms. The summed E-state index contributed by atoms with van der Waals surface area (Å²) in [4.78, 5) is 23.6. The number of benzene rings is 1. The Kier molecular flexibility index (Phi) is 4.92. The zero-order valence-electron chi connectivity index (χ0n) is 10.7. The van der Waals surface area contributed by atoms with Gasteiger partial charge < -0.3 is 10.1 Å². The van der Waals surface area contributed by atoms with Gasteiger partial charge in [0.2, 0.25) is 11.7 Å². The molecular weight excluding hydrogens is 342 g/mol. The molecule has 1 heterocycles. The molecule has 1 amide bonds. The zero-order chi connectivity index (χ0) is 14.5. The average Bonchev–Trinajstić information content (AvgIpc) is 2.82. The number of hydrogen-bond donors (Lipinski definition) is 1. The summed E-state index contributed by atoms with van der Waals surface area (Å²) < 4.78 is 6.23. The number of hydrogen-bond acceptors (Lipinski definition) is 4. The number of ether oxygens (including phenoxy) is 1. The van der Waals surface area contributed by atoms with Crippen LogP contribution in [-0.4, -0.2) is 18.3 Å². The van der Waals surface area contributed by atoms with Crippen molar-refractivity contribution in [3.63, 3.8) is 0 Å². The summed E-state index contributed by atoms with van der Waals surface area (Å²) in [7, 11) is 0. The van der Waals surface area contributed by atoms with Crippen LogP contribution in [0.1, 0.15) is 16.6 Å². The number of amides is 1. The molecule has 0 unspecified atom stereocenters. The van der Waals surface area contributed by atoms with Crippen LogP contribution in [0.25, 0.3) is 0 Å². The standard InChI is InChI=1S/C14H12BrNO3S/c1-9(17)16-10-3-2-4-11(7-10)19-8-13(18)14-12(15)5-6-20-14/h2-7H,8H2,1H3,(H,16,17). The van der Waals surface area contributed by atoms with Gasteiger partial charge in [-0.05, 0) is 39.5 Å². The summed E-state index contributed by atoms with van der Waals surface area (Å²) in [6.45, 7) is 1.40. The highest BCUT2D eigenvalue weighted by molar-refractivity contribution is 9.10. The van der Waals surface area contributed by atoms with Crippen LogP contribution >= 0.6 is 27.3 Å². The molecule has 1 aromatic heterocycles. The first-order valence-corrected chi connectivity index (χ1v) is 7.50. The number of carbonyl (C=O) groups excluding carboxylic acids is 2. The van der Waals surface area contributed by atoms with E-state index in [4.69, 9.17) is 4.74 Å². The highest BCUT2D eigenvalue weighted by Crippen LogP contribution is 2.24. The fraction of sp³-hybridized carbons (Fsp3) is 0.143. The summed E-state index contributed by atoms with van der Waals surface area (Å²) in [6, 6.07) is 8.76. The third-order valence-electron chi connectivity index (χ3n) is 2.39. The van der Waals surface area contributed by atoms with E-state index in [2.05, 4.69) is 21.2 Å². The van der Waals surface area contributed by atoms with Crippen LogP contribution < -0.4 is 10.1 Å². The first-order valence-electron chi connectivity index (χ1n) is 5.83. The number of ketones is 1. The van der Waals surface area contributed by atoms with E-state index in [1.165, 1.54) is 18.3 Å². The van der Waals surface area contributed by atoms with Crippen LogP contribution in [0.2, 0.25) is 0 Å². The Labute approximate surface area is 128 Å². The van der Waals surface area contributed by atoms with Crippen molar-refractivity contribution in [1.82, 2.24) is 0 Å². The minimum Gasteiger partial charge on any atom is -0.485 e. The molecule has 0 aliphatic carbocycles. The Morgan fingerprint density at radius 2 is 2.15 bits per heavy atom. The lowest BCUT2D eigenvalue weighted by Gasteiger charge is -2.07. The molecule has 0 atom stereocenters. The topological polar surface area (TPSA) is 55.4 Å². The SMILES string of the molecule is CC(=O)Nc1cccc(OCC(=O)c2sccc2Br)c1. The molecule has 0 aliphatic rings. The number of Topliss-reactive ketones (excluding diaryl/α,β-unsaturated/α-hetero) is 1. The Bertz CT molecular complexity index is 639. The van der Waals surface area contributed by atoms with Crippen LogP contribution in [0.3, 0.4) is 0 Å². The van der Waals surface area contributed by atoms with Crippen molar-refractivity contribution < 1.29 is 14.3 Å². The normalized spacial score (nSPS) is 10.1. The second-order valence-electron chi connectivity index (χ2n) is 4.02. The Balaban J connectivity index is 1.99. The Hall–Kier alpha value is -1.66. The van der Waals surface area contributed by atoms with E-state index in [9.17, 15) is 9.59 Å². The first kappa shape index (κ1) is 14.7. The van der Waals surface area contributed by atoms with Crippen LogP contribution in [0, 0.1) is 0 Å². The van der Waals surface area contributed by atoms with Gasteiger partial charge >= 0.3 is 0 Å². The van der Waals surface area contributed by atoms with Gasteiger partial charge in [0.25, 0.3) is 0 Å². The van der Waals surface area contributed by atoms with E-state index in [1.807, 2.05) is 11.4 Å². The van der Waals surface area contributed by atoms with Gasteiger partial charge in [0.1, 0.15) is 5.75 Å². The molecule has 1 N–H and O–H groups in total. The van der Waals surface area contributed by atoms with Gasteiger partial charge in [-0.15, -0.1) is 11.3 Å². The number of rotatable bonds is 5. The van der Waals surface area contributed by atoms with Gasteiger partial charge in [-0.3, -0.25) is 9.59 Å². The van der Waals surface area contributed by atoms with E-state index >= 15 is 0 Å². The molecule has 0 fully saturated rings. The van der Waals surface area contributed by atoms with Gasteiger partial charge in [0, 0.05) is 23.2 Å². The maximum atomic E-state index is 11.9. The highest BCUT2D eigenvalue weighted by Gasteiger charge is 2.12. The monoisotopic (exact) mass is 353 g/mol. The van der Waals surface area contributed by atoms with Crippen LogP contribution in [0.4, 0.5) is 5.69 Å². The third-order valence-corrected chi connectivity index (χ3v) is 4.27. The van der Waals surface area contributed by atoms with E-state index in [1.54, 1.807) is 24.3 Å². The molecule has 0 saturated carbocycles. The largest absolute Gasteiger partial charge is 0.485 e. The van der Waals surface area contributed by atoms with Crippen molar-refractivity contribution in [2.75, 3.05) is 11.9 Å². The lowest BCUT2D eigenvalue weighted by atomic mass is 10.3. The summed E-state index contributed by atoms with van der Waals surface area (Å²) in [5.41, 5.74) is 0.639. The van der Waals surface area contributed by atoms with Crippen molar-refractivity contribution in [3.8, 4) is 5.75 Å². The molecule has 0 aliphatic heterocycles. The van der Waals surface area contributed by atoms with Gasteiger partial charge in [0.05, 0.1) is 4.88 Å². The number of thiophene rings is 1. The molecule has 6 heteroatoms. The van der Waals surface area contributed by atoms with Crippen molar-refractivity contribution in [2.45, 2.75) is 6.92 Å². The second kappa shape index (κ2) is 6.67. The summed E-state index contributed by atoms with van der Waals surface area (Å²) >= 11 is 4.69. The minimum absolute atomic E-state index is 0.0390. The summed E-state index contributed by atoms with van der Waals surface area (Å²) in [5.74, 6) is 0.301. The van der Waals surface area contributed by atoms with E-state index in [0.29, 0.717) is 16.3 Å². The lowest BCUT2D eigenvalue weighted by Crippen LogP contribution is -2.11. The number of nitrogens with one attached hydrogen (secondary N) is 1. The smallest absolute Gasteiger partial charge is 0.221 e. The lowest BCUT2D eigenvalue weighted by molar-refractivity contribution is -0.114. The minimum atomic E-state index is -0.152. The van der Waals surface area contributed by atoms with Gasteiger partial charge in [-0.2, -0.15) is 0 Å². The van der Waals surface area contributed by atoms with Crippen molar-refractivity contribution in [2.24, 2.45) is 0 Å². The summed E-state index contributed by atoms with van der Waals surface area (Å²) in [5, 5.41) is 4.50. The van der Waals surface area contributed by atoms with Crippen molar-refractivity contribution >= 4 is 44.6 Å². The number of anilines is 1. The van der Waals surface area contributed by atoms with Crippen LogP contribution in [0.15, 0.2) is 40.2 Å². The molecule has 104 valence electrons. The van der Waals surface area contributed by atoms with Crippen LogP contribution in [-0.2, 0) is 4.79 Å². The third kappa shape index (κ3) is 3.91.